The molecule has 5 atom stereocenters. The summed E-state index contributed by atoms with van der Waals surface area (Å²) < 4.78 is 21.0. The van der Waals surface area contributed by atoms with E-state index in [1.54, 1.807) is 0 Å². The van der Waals surface area contributed by atoms with Gasteiger partial charge < -0.3 is 14.4 Å². The minimum absolute atomic E-state index is 0.0128. The molecule has 1 saturated heterocycles. The molecule has 1 aromatic carbocycles. The molecular formula is C19H30INO3S. The van der Waals surface area contributed by atoms with Crippen molar-refractivity contribution in [3.63, 3.8) is 0 Å². The molecule has 4 unspecified atom stereocenters. The highest BCUT2D eigenvalue weighted by molar-refractivity contribution is 14.1. The van der Waals surface area contributed by atoms with Gasteiger partial charge in [-0.1, -0.05) is 59.8 Å². The molecule has 1 heterocycles. The van der Waals surface area contributed by atoms with E-state index >= 15 is 0 Å². The summed E-state index contributed by atoms with van der Waals surface area (Å²) in [6.07, 6.45) is 1.80. The fraction of sp³-hybridized carbons (Fsp3) is 0.684. The Hall–Kier alpha value is 0.140. The number of aliphatic hydroxyl groups excluding tert-OH is 1. The van der Waals surface area contributed by atoms with Crippen molar-refractivity contribution in [3.05, 3.63) is 35.9 Å². The van der Waals surface area contributed by atoms with Crippen molar-refractivity contribution < 1.29 is 14.4 Å². The lowest BCUT2D eigenvalue weighted by atomic mass is 9.99. The smallest absolute Gasteiger partial charge is 0.166 e. The van der Waals surface area contributed by atoms with Crippen molar-refractivity contribution in [2.45, 2.75) is 80.6 Å². The van der Waals surface area contributed by atoms with Crippen LogP contribution in [0.5, 0.6) is 0 Å². The third kappa shape index (κ3) is 5.81. The Kier molecular flexibility index (Phi) is 8.04. The summed E-state index contributed by atoms with van der Waals surface area (Å²) in [5.41, 5.74) is 1.14. The van der Waals surface area contributed by atoms with Crippen molar-refractivity contribution >= 4 is 34.0 Å². The molecule has 0 amide bonds. The third-order valence-corrected chi connectivity index (χ3v) is 7.60. The Labute approximate surface area is 168 Å². The summed E-state index contributed by atoms with van der Waals surface area (Å²) in [5.74, 6) is 0. The van der Waals surface area contributed by atoms with Gasteiger partial charge in [-0.2, -0.15) is 0 Å². The molecule has 0 bridgehead atoms. The van der Waals surface area contributed by atoms with Gasteiger partial charge in [0.15, 0.2) is 6.29 Å². The minimum atomic E-state index is -1.16. The zero-order valence-corrected chi connectivity index (χ0v) is 18.5. The Morgan fingerprint density at radius 1 is 1.32 bits per heavy atom. The molecule has 0 spiro atoms. The Balaban J connectivity index is 2.25. The molecule has 2 rings (SSSR count). The van der Waals surface area contributed by atoms with E-state index in [9.17, 15) is 9.66 Å². The van der Waals surface area contributed by atoms with E-state index in [0.29, 0.717) is 6.54 Å². The van der Waals surface area contributed by atoms with Crippen LogP contribution in [0.1, 0.15) is 52.5 Å². The van der Waals surface area contributed by atoms with Crippen LogP contribution in [0, 0.1) is 0 Å². The summed E-state index contributed by atoms with van der Waals surface area (Å²) in [6.45, 7) is 8.74. The Bertz CT molecular complexity index is 525. The summed E-state index contributed by atoms with van der Waals surface area (Å²) in [4.78, 5) is 0. The first kappa shape index (κ1) is 21.4. The predicted molar refractivity (Wildman–Crippen MR) is 112 cm³/mol. The summed E-state index contributed by atoms with van der Waals surface area (Å²) in [7, 11) is 0. The summed E-state index contributed by atoms with van der Waals surface area (Å²) >= 11 is 1.08. The molecule has 1 aliphatic rings. The van der Waals surface area contributed by atoms with Gasteiger partial charge in [-0.15, -0.1) is 4.31 Å². The lowest BCUT2D eigenvalue weighted by Gasteiger charge is -2.42. The molecule has 1 aromatic rings. The standard InChI is InChI=1S/C19H30INO3S/c1-5-16(17-12-11-15(20)18(22)24-17)21(25(23)19(2,3)4)13-14-9-7-6-8-10-14/h6-10,15-18,22H,5,11-13H2,1-4H3/t15?,16?,17-,18?,25?/m0/s1. The average Bonchev–Trinajstić information content (AvgIpc) is 2.57. The van der Waals surface area contributed by atoms with Crippen LogP contribution in [0.2, 0.25) is 0 Å². The molecular weight excluding hydrogens is 449 g/mol. The number of aliphatic hydroxyl groups is 1. The van der Waals surface area contributed by atoms with Crippen LogP contribution >= 0.6 is 22.6 Å². The first-order valence-corrected chi connectivity index (χ1v) is 11.3. The van der Waals surface area contributed by atoms with Crippen LogP contribution in [-0.2, 0) is 22.6 Å². The van der Waals surface area contributed by atoms with Crippen LogP contribution < -0.4 is 0 Å². The maximum Gasteiger partial charge on any atom is 0.166 e. The van der Waals surface area contributed by atoms with Gasteiger partial charge in [-0.25, -0.2) is 0 Å². The SMILES string of the molecule is CCC([C@@H]1CCC(I)C(O)O1)N(Cc1ccccc1)[S+]([O-])C(C)(C)C. The van der Waals surface area contributed by atoms with Crippen molar-refractivity contribution in [3.8, 4) is 0 Å². The molecule has 142 valence electrons. The zero-order chi connectivity index (χ0) is 18.6. The van der Waals surface area contributed by atoms with E-state index in [0.717, 1.165) is 24.8 Å². The van der Waals surface area contributed by atoms with Crippen molar-refractivity contribution in [2.24, 2.45) is 0 Å². The van der Waals surface area contributed by atoms with Gasteiger partial charge in [0.25, 0.3) is 0 Å². The minimum Gasteiger partial charge on any atom is -0.597 e. The van der Waals surface area contributed by atoms with E-state index in [1.807, 2.05) is 39.0 Å². The average molecular weight is 479 g/mol. The second kappa shape index (κ2) is 9.37. The number of alkyl halides is 1. The predicted octanol–water partition coefficient (Wildman–Crippen LogP) is 4.03. The molecule has 6 heteroatoms. The Morgan fingerprint density at radius 2 is 1.96 bits per heavy atom. The van der Waals surface area contributed by atoms with Crippen molar-refractivity contribution in [1.29, 1.82) is 0 Å². The van der Waals surface area contributed by atoms with Crippen LogP contribution in [0.4, 0.5) is 0 Å². The lowest BCUT2D eigenvalue weighted by molar-refractivity contribution is -0.170. The molecule has 0 saturated carbocycles. The molecule has 0 radical (unpaired) electrons. The van der Waals surface area contributed by atoms with Crippen molar-refractivity contribution in [2.75, 3.05) is 0 Å². The largest absolute Gasteiger partial charge is 0.597 e. The van der Waals surface area contributed by atoms with Gasteiger partial charge in [0, 0.05) is 11.4 Å². The van der Waals surface area contributed by atoms with E-state index in [2.05, 4.69) is 46.0 Å². The van der Waals surface area contributed by atoms with Gasteiger partial charge >= 0.3 is 0 Å². The normalized spacial score (nSPS) is 27.3. The van der Waals surface area contributed by atoms with Crippen LogP contribution in [0.3, 0.4) is 0 Å². The fourth-order valence-corrected chi connectivity index (χ4v) is 5.18. The van der Waals surface area contributed by atoms with Gasteiger partial charge in [-0.05, 0) is 45.6 Å². The third-order valence-electron chi connectivity index (χ3n) is 4.49. The monoisotopic (exact) mass is 479 g/mol. The Morgan fingerprint density at radius 3 is 2.48 bits per heavy atom. The lowest BCUT2D eigenvalue weighted by Crippen LogP contribution is -2.54. The highest BCUT2D eigenvalue weighted by Crippen LogP contribution is 2.33. The quantitative estimate of drug-likeness (QED) is 0.380. The highest BCUT2D eigenvalue weighted by Gasteiger charge is 2.43. The van der Waals surface area contributed by atoms with Crippen LogP contribution in [0.25, 0.3) is 0 Å². The van der Waals surface area contributed by atoms with E-state index in [4.69, 9.17) is 4.74 Å². The van der Waals surface area contributed by atoms with Gasteiger partial charge in [0.2, 0.25) is 0 Å². The van der Waals surface area contributed by atoms with Crippen LogP contribution in [-0.4, -0.2) is 41.1 Å². The fourth-order valence-electron chi connectivity index (χ4n) is 3.15. The van der Waals surface area contributed by atoms with E-state index in [-0.39, 0.29) is 20.8 Å². The number of ether oxygens (including phenoxy) is 1. The topological polar surface area (TPSA) is 55.8 Å². The number of benzene rings is 1. The number of nitrogens with zero attached hydrogens (tertiary/aromatic N) is 1. The highest BCUT2D eigenvalue weighted by atomic mass is 127. The van der Waals surface area contributed by atoms with Gasteiger partial charge in [0.05, 0.1) is 22.6 Å². The molecule has 0 aliphatic carbocycles. The summed E-state index contributed by atoms with van der Waals surface area (Å²) in [5, 5.41) is 10.1. The molecule has 1 fully saturated rings. The van der Waals surface area contributed by atoms with Crippen molar-refractivity contribution in [1.82, 2.24) is 4.31 Å². The zero-order valence-electron chi connectivity index (χ0n) is 15.5. The molecule has 25 heavy (non-hydrogen) atoms. The van der Waals surface area contributed by atoms with Crippen LogP contribution in [0.15, 0.2) is 30.3 Å². The van der Waals surface area contributed by atoms with Gasteiger partial charge in [-0.3, -0.25) is 0 Å². The first-order valence-electron chi connectivity index (χ1n) is 8.94. The van der Waals surface area contributed by atoms with E-state index < -0.39 is 17.7 Å². The second-order valence-corrected chi connectivity index (χ2v) is 11.3. The number of hydrogen-bond donors (Lipinski definition) is 1. The number of rotatable bonds is 6. The first-order chi connectivity index (χ1) is 11.7. The number of hydrogen-bond acceptors (Lipinski definition) is 4. The molecule has 0 aromatic heterocycles. The molecule has 1 aliphatic heterocycles. The maximum atomic E-state index is 13.3. The van der Waals surface area contributed by atoms with E-state index in [1.165, 1.54) is 0 Å². The van der Waals surface area contributed by atoms with Gasteiger partial charge in [0.1, 0.15) is 4.75 Å². The molecule has 1 N–H and O–H groups in total. The second-order valence-electron chi connectivity index (χ2n) is 7.56. The molecule has 4 nitrogen and oxygen atoms in total. The number of halogens is 1. The maximum absolute atomic E-state index is 13.3. The summed E-state index contributed by atoms with van der Waals surface area (Å²) in [6, 6.07) is 10.2.